The number of likely N-dealkylation sites (tertiary alicyclic amines) is 2. The number of nitrogens with one attached hydrogen (secondary N) is 1. The Kier molecular flexibility index (Phi) is 9.49. The lowest BCUT2D eigenvalue weighted by Gasteiger charge is -2.55. The molecular formula is C37H50F2N4O4S. The van der Waals surface area contributed by atoms with Gasteiger partial charge in [0.2, 0.25) is 0 Å². The quantitative estimate of drug-likeness (QED) is 0.320. The number of hydrogen-bond donors (Lipinski definition) is 1. The Balaban J connectivity index is 1.06. The van der Waals surface area contributed by atoms with E-state index in [1.54, 1.807) is 18.2 Å². The Morgan fingerprint density at radius 3 is 2.29 bits per heavy atom. The first-order valence-corrected chi connectivity index (χ1v) is 19.4. The minimum atomic E-state index is -3.23. The number of alkyl carbamates (subject to hydrolysis) is 1. The summed E-state index contributed by atoms with van der Waals surface area (Å²) < 4.78 is 60.0. The third-order valence-electron chi connectivity index (χ3n) is 12.2. The maximum absolute atomic E-state index is 15.0. The highest BCUT2D eigenvalue weighted by molar-refractivity contribution is 7.92. The van der Waals surface area contributed by atoms with Gasteiger partial charge in [0.15, 0.2) is 9.84 Å². The summed E-state index contributed by atoms with van der Waals surface area (Å²) in [7, 11) is -1.83. The van der Waals surface area contributed by atoms with Crippen LogP contribution >= 0.6 is 0 Å². The zero-order valence-corrected chi connectivity index (χ0v) is 28.9. The number of carbonyl (C=O) groups is 1. The molecule has 262 valence electrons. The molecule has 11 heteroatoms. The van der Waals surface area contributed by atoms with Gasteiger partial charge in [0, 0.05) is 48.7 Å². The lowest BCUT2D eigenvalue weighted by Crippen LogP contribution is -2.63. The van der Waals surface area contributed by atoms with E-state index in [2.05, 4.69) is 26.1 Å². The number of carbonyl (C=O) groups excluding carboxylic acids is 1. The first kappa shape index (κ1) is 33.7. The fourth-order valence-corrected chi connectivity index (χ4v) is 11.1. The molecule has 3 heterocycles. The van der Waals surface area contributed by atoms with E-state index in [1.165, 1.54) is 13.2 Å². The van der Waals surface area contributed by atoms with Crippen LogP contribution in [0.3, 0.4) is 0 Å². The molecule has 2 aromatic carbocycles. The van der Waals surface area contributed by atoms with Gasteiger partial charge >= 0.3 is 6.09 Å². The van der Waals surface area contributed by atoms with Gasteiger partial charge < -0.3 is 24.8 Å². The molecule has 1 N–H and O–H groups in total. The van der Waals surface area contributed by atoms with Gasteiger partial charge in [-0.3, -0.25) is 4.39 Å². The van der Waals surface area contributed by atoms with E-state index in [0.29, 0.717) is 24.5 Å². The molecule has 0 bridgehead atoms. The van der Waals surface area contributed by atoms with Gasteiger partial charge in [-0.1, -0.05) is 18.6 Å². The maximum Gasteiger partial charge on any atom is 0.407 e. The van der Waals surface area contributed by atoms with Gasteiger partial charge in [-0.2, -0.15) is 0 Å². The molecule has 2 aliphatic carbocycles. The summed E-state index contributed by atoms with van der Waals surface area (Å²) in [5.74, 6) is 0.205. The first-order valence-electron chi connectivity index (χ1n) is 17.9. The van der Waals surface area contributed by atoms with Gasteiger partial charge in [-0.25, -0.2) is 17.6 Å². The zero-order valence-electron chi connectivity index (χ0n) is 28.1. The number of sulfone groups is 1. The van der Waals surface area contributed by atoms with E-state index in [0.717, 1.165) is 95.3 Å². The predicted octanol–water partition coefficient (Wildman–Crippen LogP) is 5.42. The second-order valence-electron chi connectivity index (χ2n) is 15.2. The molecule has 2 aromatic rings. The average molecular weight is 685 g/mol. The predicted molar refractivity (Wildman–Crippen MR) is 182 cm³/mol. The fourth-order valence-electron chi connectivity index (χ4n) is 9.41. The average Bonchev–Trinajstić information content (AvgIpc) is 3.83. The fraction of sp³-hybridized carbons (Fsp3) is 0.649. The van der Waals surface area contributed by atoms with Crippen LogP contribution in [-0.4, -0.2) is 102 Å². The molecule has 1 amide bonds. The zero-order chi connectivity index (χ0) is 33.5. The molecule has 2 saturated carbocycles. The first-order chi connectivity index (χ1) is 23.2. The van der Waals surface area contributed by atoms with Crippen LogP contribution in [0.4, 0.5) is 19.3 Å². The minimum Gasteiger partial charge on any atom is -0.453 e. The van der Waals surface area contributed by atoms with Gasteiger partial charge in [0.1, 0.15) is 5.82 Å². The summed E-state index contributed by atoms with van der Waals surface area (Å²) in [6.45, 7) is 6.08. The summed E-state index contributed by atoms with van der Waals surface area (Å²) in [5, 5.41) is 2.92. The molecule has 1 unspecified atom stereocenters. The van der Waals surface area contributed by atoms with Crippen molar-refractivity contribution in [3.05, 3.63) is 59.9 Å². The third kappa shape index (κ3) is 6.47. The summed E-state index contributed by atoms with van der Waals surface area (Å²) in [5.41, 5.74) is 1.18. The van der Waals surface area contributed by atoms with Gasteiger partial charge in [-0.15, -0.1) is 0 Å². The van der Waals surface area contributed by atoms with Crippen molar-refractivity contribution in [3.63, 3.8) is 0 Å². The molecule has 3 aliphatic heterocycles. The molecule has 7 rings (SSSR count). The summed E-state index contributed by atoms with van der Waals surface area (Å²) in [4.78, 5) is 19.9. The van der Waals surface area contributed by atoms with Gasteiger partial charge in [0.25, 0.3) is 0 Å². The Morgan fingerprint density at radius 1 is 0.958 bits per heavy atom. The van der Waals surface area contributed by atoms with Crippen LogP contribution < -0.4 is 10.2 Å². The van der Waals surface area contributed by atoms with Crippen LogP contribution in [-0.2, 0) is 20.0 Å². The molecule has 3 atom stereocenters. The molecule has 8 nitrogen and oxygen atoms in total. The topological polar surface area (TPSA) is 82.2 Å². The van der Waals surface area contributed by atoms with Crippen molar-refractivity contribution < 1.29 is 26.7 Å². The number of methoxy groups -OCH3 is 1. The maximum atomic E-state index is 15.0. The molecule has 5 fully saturated rings. The number of halogens is 2. The van der Waals surface area contributed by atoms with E-state index in [4.69, 9.17) is 4.74 Å². The van der Waals surface area contributed by atoms with E-state index >= 15 is 0 Å². The number of piperidine rings is 1. The van der Waals surface area contributed by atoms with E-state index in [9.17, 15) is 22.0 Å². The Morgan fingerprint density at radius 2 is 1.69 bits per heavy atom. The molecule has 0 aromatic heterocycles. The van der Waals surface area contributed by atoms with Crippen molar-refractivity contribution in [1.82, 2.24) is 15.1 Å². The summed E-state index contributed by atoms with van der Waals surface area (Å²) >= 11 is 0. The number of alkyl halides is 1. The van der Waals surface area contributed by atoms with Crippen LogP contribution in [0.25, 0.3) is 0 Å². The smallest absolute Gasteiger partial charge is 0.407 e. The van der Waals surface area contributed by atoms with E-state index in [1.807, 2.05) is 18.2 Å². The Labute approximate surface area is 284 Å². The van der Waals surface area contributed by atoms with E-state index in [-0.39, 0.29) is 34.4 Å². The van der Waals surface area contributed by atoms with Crippen LogP contribution in [0.2, 0.25) is 0 Å². The highest BCUT2D eigenvalue weighted by atomic mass is 32.2. The van der Waals surface area contributed by atoms with E-state index < -0.39 is 28.0 Å². The van der Waals surface area contributed by atoms with Crippen molar-refractivity contribution in [1.29, 1.82) is 0 Å². The standard InChI is InChI=1S/C37H50F2N4O4S/c1-47-35(44)40-34-8-3-7-33(34)37(26-41-17-4-18-41,28-5-2-6-29(39)21-28)27-15-19-42(20-16-27)23-36(22-38)24-43(25-36)30-9-11-31(12-10-30)48(45,46)32-13-14-32/h2,5-6,9-12,21,27,32-34H,3-4,7-8,13-20,22-26H2,1H3,(H,40,44)/t33-,34-,37?/m0/s1. The van der Waals surface area contributed by atoms with Crippen molar-refractivity contribution >= 4 is 21.6 Å². The highest BCUT2D eigenvalue weighted by Gasteiger charge is 2.54. The van der Waals surface area contributed by atoms with Crippen molar-refractivity contribution in [2.45, 2.75) is 73.0 Å². The molecular weight excluding hydrogens is 634 g/mol. The summed E-state index contributed by atoms with van der Waals surface area (Å²) in [6.07, 6.45) is 6.93. The SMILES string of the molecule is COC(=O)N[C@H]1CCC[C@@H]1C(CN1CCC1)(c1cccc(F)c1)C1CCN(CC2(CF)CN(c3ccc(S(=O)(=O)C4CC4)cc3)C2)CC1. The van der Waals surface area contributed by atoms with Crippen molar-refractivity contribution in [2.75, 3.05) is 71.0 Å². The number of anilines is 1. The van der Waals surface area contributed by atoms with Crippen LogP contribution in [0.15, 0.2) is 53.4 Å². The summed E-state index contributed by atoms with van der Waals surface area (Å²) in [6, 6.07) is 14.2. The largest absolute Gasteiger partial charge is 0.453 e. The van der Waals surface area contributed by atoms with Gasteiger partial charge in [0.05, 0.1) is 23.9 Å². The second kappa shape index (κ2) is 13.5. The Bertz CT molecular complexity index is 1550. The van der Waals surface area contributed by atoms with Crippen molar-refractivity contribution in [2.24, 2.45) is 17.3 Å². The van der Waals surface area contributed by atoms with Crippen molar-refractivity contribution in [3.8, 4) is 0 Å². The number of hydrogen-bond acceptors (Lipinski definition) is 7. The highest BCUT2D eigenvalue weighted by Crippen LogP contribution is 2.52. The lowest BCUT2D eigenvalue weighted by atomic mass is 9.57. The van der Waals surface area contributed by atoms with Gasteiger partial charge in [-0.05, 0) is 125 Å². The number of benzene rings is 2. The minimum absolute atomic E-state index is 0.0429. The van der Waals surface area contributed by atoms with Crippen LogP contribution in [0.1, 0.15) is 56.9 Å². The third-order valence-corrected chi connectivity index (χ3v) is 14.4. The number of nitrogens with zero attached hydrogens (tertiary/aromatic N) is 3. The molecule has 48 heavy (non-hydrogen) atoms. The lowest BCUT2D eigenvalue weighted by molar-refractivity contribution is 0.0100. The van der Waals surface area contributed by atoms with Crippen LogP contribution in [0.5, 0.6) is 0 Å². The number of ether oxygens (including phenoxy) is 1. The molecule has 5 aliphatic rings. The monoisotopic (exact) mass is 684 g/mol. The molecule has 3 saturated heterocycles. The molecule has 0 radical (unpaired) electrons. The second-order valence-corrected chi connectivity index (χ2v) is 17.5. The molecule has 0 spiro atoms. The Hall–Kier alpha value is -2.76. The normalized spacial score (nSPS) is 26.4. The number of amides is 1. The number of rotatable bonds is 12. The van der Waals surface area contributed by atoms with Crippen LogP contribution in [0, 0.1) is 23.1 Å².